The zero-order chi connectivity index (χ0) is 18.5. The number of hydrogen-bond donors (Lipinski definition) is 2. The Morgan fingerprint density at radius 3 is 2.50 bits per heavy atom. The zero-order valence-electron chi connectivity index (χ0n) is 15.2. The Balaban J connectivity index is 1.83. The molecule has 0 atom stereocenters. The highest BCUT2D eigenvalue weighted by molar-refractivity contribution is 6.26. The lowest BCUT2D eigenvalue weighted by Gasteiger charge is -2.28. The molecule has 1 aliphatic rings. The summed E-state index contributed by atoms with van der Waals surface area (Å²) in [7, 11) is 0. The first-order valence-corrected chi connectivity index (χ1v) is 8.71. The van der Waals surface area contributed by atoms with E-state index in [0.29, 0.717) is 17.2 Å². The Kier molecular flexibility index (Phi) is 3.61. The predicted molar refractivity (Wildman–Crippen MR) is 105 cm³/mol. The summed E-state index contributed by atoms with van der Waals surface area (Å²) in [5.74, 6) is 0.959. The van der Waals surface area contributed by atoms with Crippen molar-refractivity contribution < 1.29 is 4.79 Å². The number of Topliss-reactive ketones (excluding diaryl/α,β-unsaturated/α-hetero) is 1. The topological polar surface area (TPSA) is 75.0 Å². The third-order valence-corrected chi connectivity index (χ3v) is 4.76. The molecule has 0 saturated carbocycles. The lowest BCUT2D eigenvalue weighted by Crippen LogP contribution is -2.28. The third kappa shape index (κ3) is 2.56. The van der Waals surface area contributed by atoms with Crippen molar-refractivity contribution in [2.24, 2.45) is 5.73 Å². The molecule has 0 radical (unpaired) electrons. The van der Waals surface area contributed by atoms with E-state index < -0.39 is 0 Å². The van der Waals surface area contributed by atoms with Crippen molar-refractivity contribution in [2.45, 2.75) is 26.2 Å². The molecule has 5 nitrogen and oxygen atoms in total. The van der Waals surface area contributed by atoms with Crippen LogP contribution in [0.2, 0.25) is 0 Å². The summed E-state index contributed by atoms with van der Waals surface area (Å²) < 4.78 is 0. The maximum atomic E-state index is 12.8. The number of nitrogens with one attached hydrogen (secondary N) is 1. The van der Waals surface area contributed by atoms with Crippen LogP contribution < -0.4 is 10.6 Å². The number of hydrogen-bond acceptors (Lipinski definition) is 4. The molecular weight excluding hydrogens is 324 g/mol. The molecule has 5 heteroatoms. The lowest BCUT2D eigenvalue weighted by atomic mass is 9.85. The summed E-state index contributed by atoms with van der Waals surface area (Å²) in [5.41, 5.74) is 10.7. The quantitative estimate of drug-likeness (QED) is 0.744. The second-order valence-corrected chi connectivity index (χ2v) is 7.64. The van der Waals surface area contributed by atoms with Gasteiger partial charge in [0, 0.05) is 5.69 Å². The summed E-state index contributed by atoms with van der Waals surface area (Å²) in [6, 6.07) is 15.8. The number of H-pyrrole nitrogens is 1. The standard InChI is InChI=1S/C21H22N4O/c1-21(2,3)13-8-4-7-11-16(13)25-12-17(26)18(19(25)22)20-23-14-9-5-6-10-15(14)24-20/h4-11H,12,22H2,1-3H3,(H,23,24). The van der Waals surface area contributed by atoms with Crippen molar-refractivity contribution in [1.29, 1.82) is 0 Å². The highest BCUT2D eigenvalue weighted by Crippen LogP contribution is 2.36. The Bertz CT molecular complexity index is 1010. The van der Waals surface area contributed by atoms with Gasteiger partial charge in [-0.05, 0) is 29.2 Å². The SMILES string of the molecule is CC(C)(C)c1ccccc1N1CC(=O)C(c2nc3ccccc3[nH]2)=C1N. The molecule has 2 heterocycles. The minimum absolute atomic E-state index is 0.0229. The van der Waals surface area contributed by atoms with Crippen molar-refractivity contribution in [1.82, 2.24) is 9.97 Å². The van der Waals surface area contributed by atoms with E-state index in [0.717, 1.165) is 22.3 Å². The Morgan fingerprint density at radius 1 is 1.08 bits per heavy atom. The lowest BCUT2D eigenvalue weighted by molar-refractivity contribution is -0.112. The number of carbonyl (C=O) groups is 1. The van der Waals surface area contributed by atoms with Gasteiger partial charge >= 0.3 is 0 Å². The van der Waals surface area contributed by atoms with Crippen LogP contribution in [-0.4, -0.2) is 22.3 Å². The van der Waals surface area contributed by atoms with Gasteiger partial charge in [-0.2, -0.15) is 0 Å². The molecule has 3 aromatic rings. The molecule has 2 aromatic carbocycles. The van der Waals surface area contributed by atoms with Crippen LogP contribution in [0.4, 0.5) is 5.69 Å². The number of anilines is 1. The van der Waals surface area contributed by atoms with Crippen LogP contribution >= 0.6 is 0 Å². The van der Waals surface area contributed by atoms with Gasteiger partial charge in [-0.1, -0.05) is 51.1 Å². The minimum Gasteiger partial charge on any atom is -0.384 e. The Labute approximate surface area is 152 Å². The van der Waals surface area contributed by atoms with Crippen LogP contribution in [-0.2, 0) is 10.2 Å². The average molecular weight is 346 g/mol. The van der Waals surface area contributed by atoms with E-state index in [4.69, 9.17) is 5.73 Å². The molecule has 1 aromatic heterocycles. The molecule has 0 spiro atoms. The molecule has 0 aliphatic carbocycles. The van der Waals surface area contributed by atoms with Crippen LogP contribution in [0.3, 0.4) is 0 Å². The van der Waals surface area contributed by atoms with E-state index in [1.54, 1.807) is 0 Å². The van der Waals surface area contributed by atoms with E-state index in [-0.39, 0.29) is 17.7 Å². The van der Waals surface area contributed by atoms with Gasteiger partial charge in [0.05, 0.1) is 17.6 Å². The molecule has 3 N–H and O–H groups in total. The van der Waals surface area contributed by atoms with Crippen LogP contribution in [0.15, 0.2) is 54.4 Å². The maximum absolute atomic E-state index is 12.8. The molecular formula is C21H22N4O. The third-order valence-electron chi connectivity index (χ3n) is 4.76. The molecule has 0 amide bonds. The first-order chi connectivity index (χ1) is 12.4. The van der Waals surface area contributed by atoms with E-state index in [1.807, 2.05) is 47.4 Å². The highest BCUT2D eigenvalue weighted by Gasteiger charge is 2.34. The van der Waals surface area contributed by atoms with E-state index >= 15 is 0 Å². The number of rotatable bonds is 2. The number of aromatic amines is 1. The summed E-state index contributed by atoms with van der Waals surface area (Å²) in [6.45, 7) is 6.70. The molecule has 26 heavy (non-hydrogen) atoms. The van der Waals surface area contributed by atoms with Gasteiger partial charge in [0.1, 0.15) is 17.2 Å². The molecule has 1 aliphatic heterocycles. The van der Waals surface area contributed by atoms with E-state index in [1.165, 1.54) is 0 Å². The van der Waals surface area contributed by atoms with Crippen LogP contribution in [0.5, 0.6) is 0 Å². The van der Waals surface area contributed by atoms with Gasteiger partial charge in [-0.3, -0.25) is 4.79 Å². The number of carbonyl (C=O) groups excluding carboxylic acids is 1. The highest BCUT2D eigenvalue weighted by atomic mass is 16.1. The number of ketones is 1. The van der Waals surface area contributed by atoms with Crippen molar-refractivity contribution in [3.63, 3.8) is 0 Å². The molecule has 0 bridgehead atoms. The molecule has 4 rings (SSSR count). The summed E-state index contributed by atoms with van der Waals surface area (Å²) in [6.07, 6.45) is 0. The molecule has 132 valence electrons. The fraction of sp³-hybridized carbons (Fsp3) is 0.238. The monoisotopic (exact) mass is 346 g/mol. The number of para-hydroxylation sites is 3. The van der Waals surface area contributed by atoms with Crippen molar-refractivity contribution in [3.05, 3.63) is 65.7 Å². The van der Waals surface area contributed by atoms with Gasteiger partial charge in [-0.15, -0.1) is 0 Å². The maximum Gasteiger partial charge on any atom is 0.189 e. The van der Waals surface area contributed by atoms with Crippen LogP contribution in [0, 0.1) is 0 Å². The van der Waals surface area contributed by atoms with Crippen molar-refractivity contribution in [3.8, 4) is 0 Å². The Morgan fingerprint density at radius 2 is 1.77 bits per heavy atom. The van der Waals surface area contributed by atoms with Gasteiger partial charge in [0.2, 0.25) is 0 Å². The van der Waals surface area contributed by atoms with Crippen molar-refractivity contribution >= 4 is 28.1 Å². The van der Waals surface area contributed by atoms with Crippen molar-refractivity contribution in [2.75, 3.05) is 11.4 Å². The van der Waals surface area contributed by atoms with Gasteiger partial charge in [-0.25, -0.2) is 4.98 Å². The largest absolute Gasteiger partial charge is 0.384 e. The Hall–Kier alpha value is -3.08. The average Bonchev–Trinajstić information content (AvgIpc) is 3.14. The molecule has 0 saturated heterocycles. The summed E-state index contributed by atoms with van der Waals surface area (Å²) in [5, 5.41) is 0. The second-order valence-electron chi connectivity index (χ2n) is 7.64. The molecule has 0 unspecified atom stereocenters. The molecule has 0 fully saturated rings. The number of imidazole rings is 1. The smallest absolute Gasteiger partial charge is 0.189 e. The van der Waals surface area contributed by atoms with E-state index in [9.17, 15) is 4.79 Å². The summed E-state index contributed by atoms with van der Waals surface area (Å²) >= 11 is 0. The first-order valence-electron chi connectivity index (χ1n) is 8.71. The number of benzene rings is 2. The number of nitrogens with zero attached hydrogens (tertiary/aromatic N) is 2. The number of fused-ring (bicyclic) bond motifs is 1. The van der Waals surface area contributed by atoms with Crippen LogP contribution in [0.1, 0.15) is 32.2 Å². The zero-order valence-corrected chi connectivity index (χ0v) is 15.2. The predicted octanol–water partition coefficient (Wildman–Crippen LogP) is 3.58. The van der Waals surface area contributed by atoms with Crippen LogP contribution in [0.25, 0.3) is 16.6 Å². The van der Waals surface area contributed by atoms with Gasteiger partial charge in [0.15, 0.2) is 5.78 Å². The number of aromatic nitrogens is 2. The minimum atomic E-state index is -0.0535. The second kappa shape index (κ2) is 5.73. The number of nitrogens with two attached hydrogens (primary N) is 1. The fourth-order valence-corrected chi connectivity index (χ4v) is 3.47. The van der Waals surface area contributed by atoms with Gasteiger partial charge < -0.3 is 15.6 Å². The normalized spacial score (nSPS) is 15.3. The first kappa shape index (κ1) is 16.4. The summed E-state index contributed by atoms with van der Waals surface area (Å²) in [4.78, 5) is 22.4. The fourth-order valence-electron chi connectivity index (χ4n) is 3.47. The van der Waals surface area contributed by atoms with Gasteiger partial charge in [0.25, 0.3) is 0 Å². The van der Waals surface area contributed by atoms with E-state index in [2.05, 4.69) is 36.8 Å².